The fraction of sp³-hybridized carbons (Fsp3) is 0.438. The molecule has 0 aliphatic heterocycles. The summed E-state index contributed by atoms with van der Waals surface area (Å²) >= 11 is 0. The third kappa shape index (κ3) is 5.61. The number of allylic oxidation sites excluding steroid dienone is 1. The molecule has 1 rings (SSSR count). The van der Waals surface area contributed by atoms with Crippen LogP contribution in [0.1, 0.15) is 49.0 Å². The highest BCUT2D eigenvalue weighted by atomic mass is 19.4. The smallest absolute Gasteiger partial charge is 0.417 e. The van der Waals surface area contributed by atoms with Gasteiger partial charge < -0.3 is 4.74 Å². The first-order chi connectivity index (χ1) is 9.86. The molecule has 0 saturated carbocycles. The van der Waals surface area contributed by atoms with Gasteiger partial charge in [-0.3, -0.25) is 0 Å². The second kappa shape index (κ2) is 7.86. The van der Waals surface area contributed by atoms with E-state index in [1.54, 1.807) is 13.0 Å². The molecule has 0 spiro atoms. The van der Waals surface area contributed by atoms with Crippen molar-refractivity contribution in [2.24, 2.45) is 0 Å². The third-order valence-electron chi connectivity index (χ3n) is 2.88. The summed E-state index contributed by atoms with van der Waals surface area (Å²) in [5.74, 6) is -0.962. The van der Waals surface area contributed by atoms with Gasteiger partial charge in [-0.15, -0.1) is 0 Å². The van der Waals surface area contributed by atoms with Crippen LogP contribution < -0.4 is 0 Å². The predicted octanol–water partition coefficient (Wildman–Crippen LogP) is 5.00. The van der Waals surface area contributed by atoms with E-state index in [1.165, 1.54) is 12.1 Å². The first-order valence-corrected chi connectivity index (χ1v) is 6.90. The van der Waals surface area contributed by atoms with Crippen molar-refractivity contribution in [3.63, 3.8) is 0 Å². The van der Waals surface area contributed by atoms with Gasteiger partial charge in [-0.2, -0.15) is 13.2 Å². The Morgan fingerprint density at radius 2 is 2.00 bits per heavy atom. The molecule has 1 aromatic rings. The van der Waals surface area contributed by atoms with Crippen LogP contribution in [0.15, 0.2) is 36.4 Å². The molecule has 0 fully saturated rings. The highest BCUT2D eigenvalue weighted by molar-refractivity contribution is 5.91. The Morgan fingerprint density at radius 3 is 2.62 bits per heavy atom. The molecule has 0 saturated heterocycles. The van der Waals surface area contributed by atoms with Crippen LogP contribution in [0.2, 0.25) is 0 Å². The minimum absolute atomic E-state index is 0.459. The van der Waals surface area contributed by atoms with Gasteiger partial charge in [0.2, 0.25) is 0 Å². The number of rotatable bonds is 6. The van der Waals surface area contributed by atoms with Crippen molar-refractivity contribution in [2.75, 3.05) is 0 Å². The number of hydrogen-bond donors (Lipinski definition) is 0. The number of carbonyl (C=O) groups is 1. The largest absolute Gasteiger partial charge is 0.455 e. The Kier molecular flexibility index (Phi) is 6.46. The van der Waals surface area contributed by atoms with E-state index < -0.39 is 29.4 Å². The van der Waals surface area contributed by atoms with Crippen LogP contribution in [-0.4, -0.2) is 12.1 Å². The van der Waals surface area contributed by atoms with Gasteiger partial charge in [-0.25, -0.2) is 4.79 Å². The van der Waals surface area contributed by atoms with Crippen LogP contribution in [-0.2, 0) is 10.9 Å². The molecule has 0 aliphatic carbocycles. The van der Waals surface area contributed by atoms with Gasteiger partial charge in [0.05, 0.1) is 11.1 Å². The Bertz CT molecular complexity index is 493. The summed E-state index contributed by atoms with van der Waals surface area (Å²) in [5.41, 5.74) is -1.43. The van der Waals surface area contributed by atoms with Crippen molar-refractivity contribution in [3.8, 4) is 0 Å². The molecule has 0 amide bonds. The Labute approximate surface area is 122 Å². The van der Waals surface area contributed by atoms with Crippen LogP contribution in [0.25, 0.3) is 0 Å². The number of alkyl halides is 3. The van der Waals surface area contributed by atoms with Gasteiger partial charge in [0.25, 0.3) is 0 Å². The standard InChI is InChI=1S/C16H19F3O2/c1-3-4-5-6-9-12(2)21-15(20)13-10-7-8-11-14(13)16(17,18)19/h6-12H,3-5H2,1-2H3. The normalized spacial score (nSPS) is 13.4. The molecule has 0 heterocycles. The number of carbonyl (C=O) groups excluding carboxylic acids is 1. The number of esters is 1. The maximum absolute atomic E-state index is 12.8. The maximum Gasteiger partial charge on any atom is 0.417 e. The van der Waals surface area contributed by atoms with E-state index in [2.05, 4.69) is 6.92 Å². The highest BCUT2D eigenvalue weighted by Crippen LogP contribution is 2.32. The molecule has 116 valence electrons. The van der Waals surface area contributed by atoms with E-state index in [1.807, 2.05) is 6.08 Å². The number of hydrogen-bond acceptors (Lipinski definition) is 2. The van der Waals surface area contributed by atoms with E-state index in [9.17, 15) is 18.0 Å². The van der Waals surface area contributed by atoms with Gasteiger partial charge in [-0.1, -0.05) is 38.0 Å². The zero-order chi connectivity index (χ0) is 15.9. The molecular formula is C16H19F3O2. The third-order valence-corrected chi connectivity index (χ3v) is 2.88. The minimum atomic E-state index is -4.57. The summed E-state index contributed by atoms with van der Waals surface area (Å²) in [6.07, 6.45) is 1.36. The molecule has 21 heavy (non-hydrogen) atoms. The minimum Gasteiger partial charge on any atom is -0.455 e. The first kappa shape index (κ1) is 17.3. The van der Waals surface area contributed by atoms with Crippen molar-refractivity contribution < 1.29 is 22.7 Å². The molecule has 0 bridgehead atoms. The molecule has 0 radical (unpaired) electrons. The van der Waals surface area contributed by atoms with E-state index in [-0.39, 0.29) is 0 Å². The van der Waals surface area contributed by atoms with Gasteiger partial charge in [0.1, 0.15) is 6.10 Å². The zero-order valence-electron chi connectivity index (χ0n) is 12.1. The quantitative estimate of drug-likeness (QED) is 0.420. The monoisotopic (exact) mass is 300 g/mol. The molecule has 1 atom stereocenters. The van der Waals surface area contributed by atoms with E-state index >= 15 is 0 Å². The van der Waals surface area contributed by atoms with Crippen LogP contribution in [0.5, 0.6) is 0 Å². The SMILES string of the molecule is CCCCC=CC(C)OC(=O)c1ccccc1C(F)(F)F. The molecule has 1 unspecified atom stereocenters. The van der Waals surface area contributed by atoms with Gasteiger partial charge >= 0.3 is 12.1 Å². The number of benzene rings is 1. The van der Waals surface area contributed by atoms with E-state index in [0.29, 0.717) is 0 Å². The Hall–Kier alpha value is -1.78. The van der Waals surface area contributed by atoms with Crippen LogP contribution in [0, 0.1) is 0 Å². The lowest BCUT2D eigenvalue weighted by molar-refractivity contribution is -0.138. The second-order valence-electron chi connectivity index (χ2n) is 4.72. The summed E-state index contributed by atoms with van der Waals surface area (Å²) < 4.78 is 43.5. The van der Waals surface area contributed by atoms with Crippen molar-refractivity contribution in [3.05, 3.63) is 47.5 Å². The Morgan fingerprint density at radius 1 is 1.33 bits per heavy atom. The summed E-state index contributed by atoms with van der Waals surface area (Å²) in [4.78, 5) is 11.9. The van der Waals surface area contributed by atoms with Crippen molar-refractivity contribution in [2.45, 2.75) is 45.4 Å². The van der Waals surface area contributed by atoms with E-state index in [4.69, 9.17) is 4.74 Å². The highest BCUT2D eigenvalue weighted by Gasteiger charge is 2.35. The summed E-state index contributed by atoms with van der Waals surface area (Å²) in [6, 6.07) is 4.62. The maximum atomic E-state index is 12.8. The topological polar surface area (TPSA) is 26.3 Å². The lowest BCUT2D eigenvalue weighted by atomic mass is 10.1. The predicted molar refractivity (Wildman–Crippen MR) is 75.0 cm³/mol. The molecule has 0 aromatic heterocycles. The fourth-order valence-corrected chi connectivity index (χ4v) is 1.79. The van der Waals surface area contributed by atoms with Crippen molar-refractivity contribution in [1.29, 1.82) is 0 Å². The van der Waals surface area contributed by atoms with Gasteiger partial charge in [0.15, 0.2) is 0 Å². The second-order valence-corrected chi connectivity index (χ2v) is 4.72. The number of halogens is 3. The van der Waals surface area contributed by atoms with Crippen molar-refractivity contribution in [1.82, 2.24) is 0 Å². The average Bonchev–Trinajstić information content (AvgIpc) is 2.42. The van der Waals surface area contributed by atoms with Crippen LogP contribution in [0.3, 0.4) is 0 Å². The fourth-order valence-electron chi connectivity index (χ4n) is 1.79. The van der Waals surface area contributed by atoms with Gasteiger partial charge in [0, 0.05) is 0 Å². The Balaban J connectivity index is 2.74. The van der Waals surface area contributed by atoms with Gasteiger partial charge in [-0.05, 0) is 31.6 Å². The molecule has 0 N–H and O–H groups in total. The number of unbranched alkanes of at least 4 members (excludes halogenated alkanes) is 2. The first-order valence-electron chi connectivity index (χ1n) is 6.90. The molecule has 0 aliphatic rings. The summed E-state index contributed by atoms with van der Waals surface area (Å²) in [7, 11) is 0. The number of ether oxygens (including phenoxy) is 1. The van der Waals surface area contributed by atoms with Crippen molar-refractivity contribution >= 4 is 5.97 Å². The molecule has 2 nitrogen and oxygen atoms in total. The summed E-state index contributed by atoms with van der Waals surface area (Å²) in [5, 5.41) is 0. The molecule has 1 aromatic carbocycles. The molecule has 5 heteroatoms. The van der Waals surface area contributed by atoms with Crippen LogP contribution >= 0.6 is 0 Å². The molecular weight excluding hydrogens is 281 g/mol. The van der Waals surface area contributed by atoms with E-state index in [0.717, 1.165) is 31.4 Å². The zero-order valence-corrected chi connectivity index (χ0v) is 12.1. The lowest BCUT2D eigenvalue weighted by Gasteiger charge is -2.14. The summed E-state index contributed by atoms with van der Waals surface area (Å²) in [6.45, 7) is 3.68. The lowest BCUT2D eigenvalue weighted by Crippen LogP contribution is -2.18. The average molecular weight is 300 g/mol. The van der Waals surface area contributed by atoms with Crippen LogP contribution in [0.4, 0.5) is 13.2 Å².